The summed E-state index contributed by atoms with van der Waals surface area (Å²) in [4.78, 5) is 19.3. The largest absolute Gasteiger partial charge is 0.391 e. The molecule has 2 saturated heterocycles. The molecule has 5 aromatic rings. The second-order valence-electron chi connectivity index (χ2n) is 10.9. The Labute approximate surface area is 241 Å². The van der Waals surface area contributed by atoms with Crippen LogP contribution in [0.2, 0.25) is 0 Å². The van der Waals surface area contributed by atoms with Crippen molar-refractivity contribution in [1.29, 1.82) is 0 Å². The van der Waals surface area contributed by atoms with Crippen molar-refractivity contribution >= 4 is 17.2 Å². The highest BCUT2D eigenvalue weighted by molar-refractivity contribution is 5.95. The fraction of sp³-hybridized carbons (Fsp3) is 0.290. The smallest absolute Gasteiger partial charge is 0.254 e. The SMILES string of the molecule is Nc1ncnn2c(-c3cccc([C@@H]4C[C@@H](O)CN4C(=O)c4cccc(F)c4)c3)cc(-c3ccnn3C3CCOCC3)c12. The highest BCUT2D eigenvalue weighted by Gasteiger charge is 2.36. The highest BCUT2D eigenvalue weighted by Crippen LogP contribution is 2.39. The lowest BCUT2D eigenvalue weighted by Crippen LogP contribution is -2.31. The second kappa shape index (κ2) is 10.7. The predicted molar refractivity (Wildman–Crippen MR) is 154 cm³/mol. The number of β-amino-alcohol motifs (C(OH)–C–C–N with tert-alkyl or cyclic N) is 1. The molecule has 11 heteroatoms. The molecule has 0 bridgehead atoms. The van der Waals surface area contributed by atoms with Crippen LogP contribution in [-0.2, 0) is 4.74 Å². The summed E-state index contributed by atoms with van der Waals surface area (Å²) in [5.41, 5.74) is 11.7. The third-order valence-electron chi connectivity index (χ3n) is 8.24. The van der Waals surface area contributed by atoms with Crippen molar-refractivity contribution in [2.24, 2.45) is 0 Å². The number of aliphatic hydroxyl groups excluding tert-OH is 1. The van der Waals surface area contributed by atoms with E-state index < -0.39 is 11.9 Å². The summed E-state index contributed by atoms with van der Waals surface area (Å²) < 4.78 is 23.3. The fourth-order valence-corrected chi connectivity index (χ4v) is 6.26. The van der Waals surface area contributed by atoms with E-state index in [1.807, 2.05) is 41.1 Å². The van der Waals surface area contributed by atoms with Gasteiger partial charge in [0.15, 0.2) is 5.82 Å². The molecule has 42 heavy (non-hydrogen) atoms. The van der Waals surface area contributed by atoms with Crippen molar-refractivity contribution in [3.8, 4) is 22.5 Å². The van der Waals surface area contributed by atoms with Gasteiger partial charge in [-0.15, -0.1) is 0 Å². The Morgan fingerprint density at radius 3 is 2.69 bits per heavy atom. The van der Waals surface area contributed by atoms with Crippen molar-refractivity contribution in [2.45, 2.75) is 37.5 Å². The number of benzene rings is 2. The van der Waals surface area contributed by atoms with Gasteiger partial charge in [0.05, 0.1) is 29.6 Å². The molecule has 2 aliphatic heterocycles. The van der Waals surface area contributed by atoms with Crippen LogP contribution in [0.5, 0.6) is 0 Å². The van der Waals surface area contributed by atoms with Gasteiger partial charge in [-0.1, -0.05) is 24.3 Å². The van der Waals surface area contributed by atoms with Gasteiger partial charge in [-0.25, -0.2) is 13.9 Å². The molecule has 3 aromatic heterocycles. The number of fused-ring (bicyclic) bond motifs is 1. The summed E-state index contributed by atoms with van der Waals surface area (Å²) >= 11 is 0. The molecule has 10 nitrogen and oxygen atoms in total. The van der Waals surface area contributed by atoms with Crippen LogP contribution in [-0.4, -0.2) is 66.2 Å². The van der Waals surface area contributed by atoms with Gasteiger partial charge in [0.25, 0.3) is 5.91 Å². The number of carbonyl (C=O) groups is 1. The Morgan fingerprint density at radius 2 is 1.86 bits per heavy atom. The quantitative estimate of drug-likeness (QED) is 0.325. The summed E-state index contributed by atoms with van der Waals surface area (Å²) in [6.45, 7) is 1.55. The van der Waals surface area contributed by atoms with E-state index in [2.05, 4.69) is 15.2 Å². The van der Waals surface area contributed by atoms with Crippen molar-refractivity contribution in [3.63, 3.8) is 0 Å². The number of amides is 1. The lowest BCUT2D eigenvalue weighted by Gasteiger charge is -2.25. The maximum atomic E-state index is 13.9. The number of hydrogen-bond donors (Lipinski definition) is 2. The molecule has 1 amide bonds. The molecule has 0 unspecified atom stereocenters. The Morgan fingerprint density at radius 1 is 1.02 bits per heavy atom. The number of nitrogen functional groups attached to an aromatic ring is 1. The lowest BCUT2D eigenvalue weighted by molar-refractivity contribution is 0.0667. The first kappa shape index (κ1) is 26.3. The van der Waals surface area contributed by atoms with Crippen LogP contribution in [0.4, 0.5) is 10.2 Å². The molecule has 2 aliphatic rings. The molecule has 2 aromatic carbocycles. The van der Waals surface area contributed by atoms with E-state index in [0.717, 1.165) is 40.9 Å². The zero-order chi connectivity index (χ0) is 28.8. The Hall–Kier alpha value is -4.61. The zero-order valence-corrected chi connectivity index (χ0v) is 22.8. The minimum absolute atomic E-state index is 0.169. The maximum absolute atomic E-state index is 13.9. The Bertz CT molecular complexity index is 1780. The molecule has 0 aliphatic carbocycles. The average molecular weight is 568 g/mol. The van der Waals surface area contributed by atoms with Crippen molar-refractivity contribution in [2.75, 3.05) is 25.5 Å². The highest BCUT2D eigenvalue weighted by atomic mass is 19.1. The van der Waals surface area contributed by atoms with Crippen molar-refractivity contribution < 1.29 is 19.0 Å². The first-order valence-corrected chi connectivity index (χ1v) is 14.1. The maximum Gasteiger partial charge on any atom is 0.254 e. The first-order chi connectivity index (χ1) is 20.5. The average Bonchev–Trinajstić information content (AvgIpc) is 3.75. The van der Waals surface area contributed by atoms with E-state index in [0.29, 0.717) is 31.0 Å². The summed E-state index contributed by atoms with van der Waals surface area (Å²) in [6, 6.07) is 17.4. The molecule has 2 atom stereocenters. The summed E-state index contributed by atoms with van der Waals surface area (Å²) in [6.07, 6.45) is 4.67. The number of carbonyl (C=O) groups excluding carboxylic acids is 1. The molecule has 7 rings (SSSR count). The van der Waals surface area contributed by atoms with E-state index in [-0.39, 0.29) is 30.1 Å². The van der Waals surface area contributed by atoms with E-state index in [1.165, 1.54) is 24.5 Å². The van der Waals surface area contributed by atoms with Gasteiger partial charge in [0.2, 0.25) is 0 Å². The minimum Gasteiger partial charge on any atom is -0.391 e. The summed E-state index contributed by atoms with van der Waals surface area (Å²) in [7, 11) is 0. The molecule has 0 saturated carbocycles. The molecule has 214 valence electrons. The monoisotopic (exact) mass is 567 g/mol. The number of aliphatic hydroxyl groups is 1. The van der Waals surface area contributed by atoms with Gasteiger partial charge in [0.1, 0.15) is 17.7 Å². The first-order valence-electron chi connectivity index (χ1n) is 14.1. The van der Waals surface area contributed by atoms with Crippen LogP contribution in [0.25, 0.3) is 28.0 Å². The number of halogens is 1. The number of rotatable bonds is 5. The third kappa shape index (κ3) is 4.60. The number of nitrogens with two attached hydrogens (primary N) is 1. The minimum atomic E-state index is -0.685. The summed E-state index contributed by atoms with van der Waals surface area (Å²) in [5, 5.41) is 19.8. The van der Waals surface area contributed by atoms with Gasteiger partial charge in [0, 0.05) is 42.6 Å². The number of hydrogen-bond acceptors (Lipinski definition) is 7. The van der Waals surface area contributed by atoms with Crippen LogP contribution in [0.3, 0.4) is 0 Å². The normalized spacial score (nSPS) is 19.5. The molecule has 0 spiro atoms. The number of ether oxygens (including phenoxy) is 1. The van der Waals surface area contributed by atoms with E-state index in [9.17, 15) is 14.3 Å². The number of aromatic nitrogens is 5. The van der Waals surface area contributed by atoms with Crippen LogP contribution >= 0.6 is 0 Å². The number of anilines is 1. The van der Waals surface area contributed by atoms with E-state index in [4.69, 9.17) is 10.5 Å². The predicted octanol–water partition coefficient (Wildman–Crippen LogP) is 4.28. The third-order valence-corrected chi connectivity index (χ3v) is 8.24. The Kier molecular flexibility index (Phi) is 6.67. The Balaban J connectivity index is 1.29. The van der Waals surface area contributed by atoms with Crippen LogP contribution < -0.4 is 5.73 Å². The summed E-state index contributed by atoms with van der Waals surface area (Å²) in [5.74, 6) is -0.443. The van der Waals surface area contributed by atoms with Crippen LogP contribution in [0, 0.1) is 5.82 Å². The second-order valence-corrected chi connectivity index (χ2v) is 10.9. The zero-order valence-electron chi connectivity index (χ0n) is 22.8. The molecule has 0 radical (unpaired) electrons. The van der Waals surface area contributed by atoms with E-state index in [1.54, 1.807) is 21.7 Å². The van der Waals surface area contributed by atoms with Crippen molar-refractivity contribution in [1.82, 2.24) is 29.3 Å². The number of likely N-dealkylation sites (tertiary alicyclic amines) is 1. The standard InChI is InChI=1S/C31H30FN7O3/c32-22-6-2-5-21(14-22)31(41)37-17-24(40)15-27(37)19-3-1-4-20(13-19)28-16-25(29-30(33)34-18-36-39(28)29)26-7-10-35-38(26)23-8-11-42-12-9-23/h1-7,10,13-14,16,18,23-24,27,40H,8-9,11-12,15,17H2,(H2,33,34,36)/t24-,27+/m1/s1. The van der Waals surface area contributed by atoms with Crippen LogP contribution in [0.1, 0.15) is 47.3 Å². The molecular formula is C31H30FN7O3. The van der Waals surface area contributed by atoms with Gasteiger partial charge in [-0.05, 0) is 61.2 Å². The molecule has 3 N–H and O–H groups in total. The molecule has 2 fully saturated rings. The van der Waals surface area contributed by atoms with Gasteiger partial charge in [-0.3, -0.25) is 9.48 Å². The molecular weight excluding hydrogens is 537 g/mol. The van der Waals surface area contributed by atoms with Crippen molar-refractivity contribution in [3.05, 3.63) is 90.1 Å². The van der Waals surface area contributed by atoms with Crippen LogP contribution in [0.15, 0.2) is 73.2 Å². The van der Waals surface area contributed by atoms with Gasteiger partial charge < -0.3 is 20.5 Å². The molecule has 5 heterocycles. The lowest BCUT2D eigenvalue weighted by atomic mass is 9.99. The fourth-order valence-electron chi connectivity index (χ4n) is 6.26. The topological polar surface area (TPSA) is 124 Å². The van der Waals surface area contributed by atoms with Gasteiger partial charge >= 0.3 is 0 Å². The van der Waals surface area contributed by atoms with E-state index >= 15 is 0 Å². The van der Waals surface area contributed by atoms with Gasteiger partial charge in [-0.2, -0.15) is 10.2 Å². The number of nitrogens with zero attached hydrogens (tertiary/aromatic N) is 6.